The van der Waals surface area contributed by atoms with Crippen LogP contribution in [0.15, 0.2) is 12.1 Å². The summed E-state index contributed by atoms with van der Waals surface area (Å²) in [7, 11) is 1.28. The zero-order valence-electron chi connectivity index (χ0n) is 9.55. The van der Waals surface area contributed by atoms with Crippen molar-refractivity contribution in [2.45, 2.75) is 0 Å². The summed E-state index contributed by atoms with van der Waals surface area (Å²) in [5.41, 5.74) is -1.39. The fraction of sp³-hybridized carbons (Fsp3) is 0.0909. The molecular formula is C11H8F2N2O4. The molecule has 0 spiro atoms. The fourth-order valence-corrected chi connectivity index (χ4v) is 1.64. The molecule has 0 amide bonds. The van der Waals surface area contributed by atoms with Crippen LogP contribution in [0.1, 0.15) is 10.5 Å². The van der Waals surface area contributed by atoms with Crippen LogP contribution in [-0.2, 0) is 7.05 Å². The molecule has 2 rings (SSSR count). The molecule has 0 atom stereocenters. The minimum Gasteiger partial charge on any atom is -0.505 e. The quantitative estimate of drug-likeness (QED) is 0.768. The molecule has 0 aliphatic carbocycles. The number of hydrogen-bond donors (Lipinski definition) is 3. The number of benzene rings is 1. The van der Waals surface area contributed by atoms with Crippen LogP contribution in [0.2, 0.25) is 0 Å². The molecule has 19 heavy (non-hydrogen) atoms. The van der Waals surface area contributed by atoms with E-state index >= 15 is 0 Å². The molecule has 0 unspecified atom stereocenters. The predicted molar refractivity (Wildman–Crippen MR) is 58.8 cm³/mol. The smallest absolute Gasteiger partial charge is 0.356 e. The van der Waals surface area contributed by atoms with E-state index in [1.165, 1.54) is 7.05 Å². The average molecular weight is 270 g/mol. The standard InChI is InChI=1S/C11H8F2N2O4/c1-15-5(2-4(14-15)11(18)19)8-9(12)6(16)3-7(17)10(8)13/h2-3,16-17H,1H3,(H,18,19). The first-order chi connectivity index (χ1) is 8.82. The van der Waals surface area contributed by atoms with Crippen molar-refractivity contribution >= 4 is 5.97 Å². The predicted octanol–water partition coefficient (Wildman–Crippen LogP) is 1.47. The molecule has 0 radical (unpaired) electrons. The molecule has 0 bridgehead atoms. The number of carboxylic acids is 1. The minimum atomic E-state index is -1.37. The Morgan fingerprint density at radius 1 is 1.21 bits per heavy atom. The van der Waals surface area contributed by atoms with Gasteiger partial charge < -0.3 is 15.3 Å². The Bertz CT molecular complexity index is 656. The molecule has 1 heterocycles. The van der Waals surface area contributed by atoms with Crippen LogP contribution in [0.4, 0.5) is 8.78 Å². The van der Waals surface area contributed by atoms with Gasteiger partial charge in [0.1, 0.15) is 0 Å². The summed E-state index contributed by atoms with van der Waals surface area (Å²) in [5.74, 6) is -5.89. The van der Waals surface area contributed by atoms with Crippen LogP contribution in [0.3, 0.4) is 0 Å². The van der Waals surface area contributed by atoms with Crippen molar-refractivity contribution in [3.63, 3.8) is 0 Å². The first-order valence-electron chi connectivity index (χ1n) is 5.00. The Morgan fingerprint density at radius 3 is 2.16 bits per heavy atom. The van der Waals surface area contributed by atoms with E-state index < -0.39 is 40.4 Å². The monoisotopic (exact) mass is 270 g/mol. The Labute approximate surface area is 105 Å². The van der Waals surface area contributed by atoms with Gasteiger partial charge in [0.15, 0.2) is 28.8 Å². The van der Waals surface area contributed by atoms with Gasteiger partial charge in [0.25, 0.3) is 0 Å². The van der Waals surface area contributed by atoms with Crippen LogP contribution in [0, 0.1) is 11.6 Å². The first-order valence-corrected chi connectivity index (χ1v) is 5.00. The van der Waals surface area contributed by atoms with Gasteiger partial charge in [0.05, 0.1) is 11.3 Å². The lowest BCUT2D eigenvalue weighted by Gasteiger charge is -2.08. The normalized spacial score (nSPS) is 10.7. The van der Waals surface area contributed by atoms with Crippen molar-refractivity contribution < 1.29 is 28.9 Å². The third kappa shape index (κ3) is 1.96. The zero-order valence-corrected chi connectivity index (χ0v) is 9.55. The summed E-state index contributed by atoms with van der Waals surface area (Å²) >= 11 is 0. The highest BCUT2D eigenvalue weighted by molar-refractivity contribution is 5.87. The van der Waals surface area contributed by atoms with Crippen LogP contribution >= 0.6 is 0 Å². The molecule has 0 aliphatic heterocycles. The highest BCUT2D eigenvalue weighted by atomic mass is 19.1. The maximum Gasteiger partial charge on any atom is 0.356 e. The maximum absolute atomic E-state index is 13.7. The van der Waals surface area contributed by atoms with Crippen LogP contribution in [-0.4, -0.2) is 31.1 Å². The molecule has 1 aromatic heterocycles. The molecule has 0 fully saturated rings. The fourth-order valence-electron chi connectivity index (χ4n) is 1.64. The van der Waals surface area contributed by atoms with E-state index in [-0.39, 0.29) is 5.69 Å². The Morgan fingerprint density at radius 2 is 1.74 bits per heavy atom. The van der Waals surface area contributed by atoms with E-state index in [0.717, 1.165) is 10.7 Å². The zero-order chi connectivity index (χ0) is 14.3. The number of aryl methyl sites for hydroxylation is 1. The molecule has 6 nitrogen and oxygen atoms in total. The summed E-state index contributed by atoms with van der Waals surface area (Å²) in [6.07, 6.45) is 0. The number of phenols is 2. The number of rotatable bonds is 2. The number of hydrogen-bond acceptors (Lipinski definition) is 4. The van der Waals surface area contributed by atoms with Gasteiger partial charge in [-0.25, -0.2) is 13.6 Å². The van der Waals surface area contributed by atoms with E-state index in [4.69, 9.17) is 5.11 Å². The number of carboxylic acid groups (broad SMARTS) is 1. The number of aromatic carboxylic acids is 1. The number of aromatic hydroxyl groups is 2. The second-order valence-corrected chi connectivity index (χ2v) is 3.76. The lowest BCUT2D eigenvalue weighted by atomic mass is 10.1. The van der Waals surface area contributed by atoms with E-state index in [0.29, 0.717) is 6.07 Å². The number of nitrogens with zero attached hydrogens (tertiary/aromatic N) is 2. The lowest BCUT2D eigenvalue weighted by molar-refractivity contribution is 0.0689. The molecule has 1 aromatic carbocycles. The largest absolute Gasteiger partial charge is 0.505 e. The van der Waals surface area contributed by atoms with E-state index in [9.17, 15) is 23.8 Å². The molecule has 100 valence electrons. The van der Waals surface area contributed by atoms with Crippen LogP contribution < -0.4 is 0 Å². The van der Waals surface area contributed by atoms with Crippen molar-refractivity contribution in [2.24, 2.45) is 7.05 Å². The van der Waals surface area contributed by atoms with E-state index in [2.05, 4.69) is 5.10 Å². The Kier molecular flexibility index (Phi) is 2.85. The molecule has 0 aliphatic rings. The van der Waals surface area contributed by atoms with E-state index in [1.807, 2.05) is 0 Å². The second-order valence-electron chi connectivity index (χ2n) is 3.76. The molecule has 0 saturated heterocycles. The van der Waals surface area contributed by atoms with Gasteiger partial charge in [0, 0.05) is 13.1 Å². The van der Waals surface area contributed by atoms with Gasteiger partial charge in [0.2, 0.25) is 0 Å². The minimum absolute atomic E-state index is 0.224. The number of phenolic OH excluding ortho intramolecular Hbond substituents is 2. The third-order valence-electron chi connectivity index (χ3n) is 2.52. The SMILES string of the molecule is Cn1nc(C(=O)O)cc1-c1c(F)c(O)cc(O)c1F. The van der Waals surface area contributed by atoms with E-state index in [1.54, 1.807) is 0 Å². The lowest BCUT2D eigenvalue weighted by Crippen LogP contribution is -2.00. The summed E-state index contributed by atoms with van der Waals surface area (Å²) in [4.78, 5) is 10.7. The summed E-state index contributed by atoms with van der Waals surface area (Å²) < 4.78 is 28.4. The van der Waals surface area contributed by atoms with Gasteiger partial charge in [-0.2, -0.15) is 5.10 Å². The average Bonchev–Trinajstić information content (AvgIpc) is 2.70. The Balaban J connectivity index is 2.75. The molecule has 3 N–H and O–H groups in total. The van der Waals surface area contributed by atoms with Crippen LogP contribution in [0.5, 0.6) is 11.5 Å². The Hall–Kier alpha value is -2.64. The highest BCUT2D eigenvalue weighted by Gasteiger charge is 2.23. The van der Waals surface area contributed by atoms with Crippen molar-refractivity contribution in [3.05, 3.63) is 29.5 Å². The van der Waals surface area contributed by atoms with Crippen molar-refractivity contribution in [2.75, 3.05) is 0 Å². The van der Waals surface area contributed by atoms with Crippen LogP contribution in [0.25, 0.3) is 11.3 Å². The highest BCUT2D eigenvalue weighted by Crippen LogP contribution is 2.36. The molecule has 2 aromatic rings. The van der Waals surface area contributed by atoms with Gasteiger partial charge >= 0.3 is 5.97 Å². The molecule has 8 heteroatoms. The van der Waals surface area contributed by atoms with Gasteiger partial charge in [-0.1, -0.05) is 0 Å². The third-order valence-corrected chi connectivity index (χ3v) is 2.52. The van der Waals surface area contributed by atoms with Crippen molar-refractivity contribution in [1.82, 2.24) is 9.78 Å². The summed E-state index contributed by atoms with van der Waals surface area (Å²) in [6, 6.07) is 1.45. The number of halogens is 2. The van der Waals surface area contributed by atoms with Crippen molar-refractivity contribution in [1.29, 1.82) is 0 Å². The van der Waals surface area contributed by atoms with Gasteiger partial charge in [-0.05, 0) is 6.07 Å². The van der Waals surface area contributed by atoms with Gasteiger partial charge in [-0.3, -0.25) is 4.68 Å². The molecule has 0 saturated carbocycles. The topological polar surface area (TPSA) is 95.6 Å². The number of carbonyl (C=O) groups is 1. The van der Waals surface area contributed by atoms with Crippen molar-refractivity contribution in [3.8, 4) is 22.8 Å². The number of aromatic nitrogens is 2. The molecular weight excluding hydrogens is 262 g/mol. The maximum atomic E-state index is 13.7. The summed E-state index contributed by atoms with van der Waals surface area (Å²) in [6.45, 7) is 0. The first kappa shape index (κ1) is 12.8. The van der Waals surface area contributed by atoms with Gasteiger partial charge in [-0.15, -0.1) is 0 Å². The second kappa shape index (κ2) is 4.23. The summed E-state index contributed by atoms with van der Waals surface area (Å²) in [5, 5.41) is 30.8.